The van der Waals surface area contributed by atoms with Crippen LogP contribution in [-0.4, -0.2) is 25.0 Å². The second-order valence-electron chi connectivity index (χ2n) is 7.40. The Kier molecular flexibility index (Phi) is 6.17. The number of aryl methyl sites for hydroxylation is 2. The minimum Gasteiger partial charge on any atom is -0.492 e. The highest BCUT2D eigenvalue weighted by atomic mass is 16.5. The maximum atomic E-state index is 12.3. The zero-order valence-corrected chi connectivity index (χ0v) is 17.1. The molecule has 0 heterocycles. The van der Waals surface area contributed by atoms with Crippen LogP contribution in [0.2, 0.25) is 0 Å². The third kappa shape index (κ3) is 5.22. The van der Waals surface area contributed by atoms with Crippen LogP contribution in [0.3, 0.4) is 0 Å². The number of nitrogens with one attached hydrogen (secondary N) is 1. The molecule has 3 aromatic rings. The van der Waals surface area contributed by atoms with Gasteiger partial charge in [-0.05, 0) is 91.1 Å². The molecule has 6 heteroatoms. The highest BCUT2D eigenvalue weighted by Gasteiger charge is 2.11. The van der Waals surface area contributed by atoms with E-state index in [1.54, 1.807) is 48.5 Å². The van der Waals surface area contributed by atoms with Crippen LogP contribution >= 0.6 is 0 Å². The van der Waals surface area contributed by atoms with Gasteiger partial charge in [-0.1, -0.05) is 6.07 Å². The van der Waals surface area contributed by atoms with Crippen LogP contribution < -0.4 is 20.5 Å². The molecular weight excluding hydrogens is 392 g/mol. The molecule has 0 spiro atoms. The second-order valence-corrected chi connectivity index (χ2v) is 7.40. The fourth-order valence-electron chi connectivity index (χ4n) is 3.57. The van der Waals surface area contributed by atoms with Crippen molar-refractivity contribution in [2.75, 3.05) is 13.2 Å². The molecule has 6 nitrogen and oxygen atoms in total. The predicted octanol–water partition coefficient (Wildman–Crippen LogP) is 3.88. The van der Waals surface area contributed by atoms with Gasteiger partial charge >= 0.3 is 0 Å². The first-order chi connectivity index (χ1) is 15.1. The van der Waals surface area contributed by atoms with Gasteiger partial charge in [-0.25, -0.2) is 0 Å². The third-order valence-electron chi connectivity index (χ3n) is 5.22. The Bertz CT molecular complexity index is 1080. The molecule has 0 radical (unpaired) electrons. The lowest BCUT2D eigenvalue weighted by Gasteiger charge is -2.10. The molecule has 1 aliphatic carbocycles. The van der Waals surface area contributed by atoms with Crippen molar-refractivity contribution in [1.29, 1.82) is 0 Å². The summed E-state index contributed by atoms with van der Waals surface area (Å²) in [4.78, 5) is 23.4. The third-order valence-corrected chi connectivity index (χ3v) is 5.22. The number of benzene rings is 3. The van der Waals surface area contributed by atoms with Crippen LogP contribution in [-0.2, 0) is 12.8 Å². The summed E-state index contributed by atoms with van der Waals surface area (Å²) in [6, 6.07) is 19.6. The van der Waals surface area contributed by atoms with Gasteiger partial charge in [0.1, 0.15) is 23.9 Å². The van der Waals surface area contributed by atoms with E-state index in [1.807, 2.05) is 6.07 Å². The fraction of sp³-hybridized carbons (Fsp3) is 0.200. The Morgan fingerprint density at radius 2 is 1.42 bits per heavy atom. The number of carbonyl (C=O) groups excluding carboxylic acids is 2. The van der Waals surface area contributed by atoms with Gasteiger partial charge in [0.05, 0.1) is 6.54 Å². The Morgan fingerprint density at radius 3 is 2.10 bits per heavy atom. The van der Waals surface area contributed by atoms with Gasteiger partial charge in [0.25, 0.3) is 5.91 Å². The predicted molar refractivity (Wildman–Crippen MR) is 118 cm³/mol. The van der Waals surface area contributed by atoms with E-state index >= 15 is 0 Å². The van der Waals surface area contributed by atoms with Gasteiger partial charge < -0.3 is 20.5 Å². The monoisotopic (exact) mass is 416 g/mol. The standard InChI is InChI=1S/C25H24N2O4/c26-24(28)18-5-9-21(10-6-18)31-22-11-7-19(8-12-22)25(29)27-14-15-30-23-13-4-17-2-1-3-20(17)16-23/h4-13,16H,1-3,14-15H2,(H2,26,28)(H,27,29). The molecule has 1 aliphatic rings. The molecule has 0 fully saturated rings. The number of carbonyl (C=O) groups is 2. The number of rotatable bonds is 8. The van der Waals surface area contributed by atoms with Crippen molar-refractivity contribution in [2.45, 2.75) is 19.3 Å². The van der Waals surface area contributed by atoms with Crippen molar-refractivity contribution in [3.63, 3.8) is 0 Å². The van der Waals surface area contributed by atoms with Crippen LogP contribution in [0.4, 0.5) is 0 Å². The molecular formula is C25H24N2O4. The highest BCUT2D eigenvalue weighted by Crippen LogP contribution is 2.26. The maximum Gasteiger partial charge on any atom is 0.251 e. The van der Waals surface area contributed by atoms with E-state index in [9.17, 15) is 9.59 Å². The van der Waals surface area contributed by atoms with Crippen molar-refractivity contribution >= 4 is 11.8 Å². The first-order valence-electron chi connectivity index (χ1n) is 10.3. The maximum absolute atomic E-state index is 12.3. The van der Waals surface area contributed by atoms with Crippen molar-refractivity contribution in [1.82, 2.24) is 5.32 Å². The number of nitrogens with two attached hydrogens (primary N) is 1. The summed E-state index contributed by atoms with van der Waals surface area (Å²) in [5, 5.41) is 2.86. The van der Waals surface area contributed by atoms with Crippen LogP contribution in [0.1, 0.15) is 38.3 Å². The molecule has 0 bridgehead atoms. The van der Waals surface area contributed by atoms with E-state index in [1.165, 1.54) is 17.5 Å². The van der Waals surface area contributed by atoms with E-state index in [4.69, 9.17) is 15.2 Å². The second kappa shape index (κ2) is 9.34. The van der Waals surface area contributed by atoms with E-state index in [-0.39, 0.29) is 5.91 Å². The van der Waals surface area contributed by atoms with Crippen molar-refractivity contribution in [3.05, 3.63) is 89.0 Å². The lowest BCUT2D eigenvalue weighted by atomic mass is 10.1. The van der Waals surface area contributed by atoms with Crippen molar-refractivity contribution < 1.29 is 19.1 Å². The largest absolute Gasteiger partial charge is 0.492 e. The molecule has 0 saturated carbocycles. The van der Waals surface area contributed by atoms with Gasteiger partial charge in [0.2, 0.25) is 5.91 Å². The Morgan fingerprint density at radius 1 is 0.806 bits per heavy atom. The summed E-state index contributed by atoms with van der Waals surface area (Å²) in [6.07, 6.45) is 3.47. The quantitative estimate of drug-likeness (QED) is 0.546. The molecule has 3 N–H and O–H groups in total. The number of hydrogen-bond donors (Lipinski definition) is 2. The summed E-state index contributed by atoms with van der Waals surface area (Å²) in [7, 11) is 0. The van der Waals surface area contributed by atoms with Crippen LogP contribution in [0.5, 0.6) is 17.2 Å². The summed E-state index contributed by atoms with van der Waals surface area (Å²) in [5.41, 5.74) is 8.96. The summed E-state index contributed by atoms with van der Waals surface area (Å²) in [6.45, 7) is 0.827. The average molecular weight is 416 g/mol. The number of amides is 2. The molecule has 0 atom stereocenters. The first kappa shape index (κ1) is 20.5. The fourth-order valence-corrected chi connectivity index (χ4v) is 3.57. The topological polar surface area (TPSA) is 90.7 Å². The summed E-state index contributed by atoms with van der Waals surface area (Å²) < 4.78 is 11.5. The number of fused-ring (bicyclic) bond motifs is 1. The first-order valence-corrected chi connectivity index (χ1v) is 10.3. The van der Waals surface area contributed by atoms with Gasteiger partial charge in [-0.3, -0.25) is 9.59 Å². The number of primary amides is 1. The molecule has 0 aliphatic heterocycles. The van der Waals surface area contributed by atoms with Gasteiger partial charge in [-0.2, -0.15) is 0 Å². The smallest absolute Gasteiger partial charge is 0.251 e. The lowest BCUT2D eigenvalue weighted by molar-refractivity contribution is 0.0946. The van der Waals surface area contributed by atoms with Gasteiger partial charge in [-0.15, -0.1) is 0 Å². The summed E-state index contributed by atoms with van der Waals surface area (Å²) >= 11 is 0. The molecule has 3 aromatic carbocycles. The molecule has 2 amide bonds. The van der Waals surface area contributed by atoms with Gasteiger partial charge in [0.15, 0.2) is 0 Å². The van der Waals surface area contributed by atoms with Crippen molar-refractivity contribution in [2.24, 2.45) is 5.73 Å². The number of hydrogen-bond acceptors (Lipinski definition) is 4. The normalized spacial score (nSPS) is 12.1. The Labute approximate surface area is 181 Å². The molecule has 0 aromatic heterocycles. The van der Waals surface area contributed by atoms with Crippen LogP contribution in [0.25, 0.3) is 0 Å². The van der Waals surface area contributed by atoms with Gasteiger partial charge in [0, 0.05) is 11.1 Å². The van der Waals surface area contributed by atoms with E-state index in [2.05, 4.69) is 17.4 Å². The lowest BCUT2D eigenvalue weighted by Crippen LogP contribution is -2.28. The zero-order chi connectivity index (χ0) is 21.6. The van der Waals surface area contributed by atoms with E-state index in [0.717, 1.165) is 18.6 Å². The Hall–Kier alpha value is -3.80. The molecule has 158 valence electrons. The minimum atomic E-state index is -0.486. The van der Waals surface area contributed by atoms with Crippen molar-refractivity contribution in [3.8, 4) is 17.2 Å². The SMILES string of the molecule is NC(=O)c1ccc(Oc2ccc(C(=O)NCCOc3ccc4c(c3)CCC4)cc2)cc1. The highest BCUT2D eigenvalue weighted by molar-refractivity contribution is 5.94. The Balaban J connectivity index is 1.24. The average Bonchev–Trinajstić information content (AvgIpc) is 3.25. The molecule has 0 saturated heterocycles. The van der Waals surface area contributed by atoms with Crippen LogP contribution in [0, 0.1) is 0 Å². The minimum absolute atomic E-state index is 0.171. The van der Waals surface area contributed by atoms with E-state index < -0.39 is 5.91 Å². The zero-order valence-electron chi connectivity index (χ0n) is 17.1. The molecule has 0 unspecified atom stereocenters. The number of ether oxygens (including phenoxy) is 2. The molecule has 4 rings (SSSR count). The summed E-state index contributed by atoms with van der Waals surface area (Å²) in [5.74, 6) is 1.35. The van der Waals surface area contributed by atoms with E-state index in [0.29, 0.717) is 35.8 Å². The van der Waals surface area contributed by atoms with Crippen LogP contribution in [0.15, 0.2) is 66.7 Å². The molecule has 31 heavy (non-hydrogen) atoms.